The topological polar surface area (TPSA) is 26.3 Å². The van der Waals surface area contributed by atoms with Gasteiger partial charge in [0.25, 0.3) is 0 Å². The average molecular weight is 237 g/mol. The van der Waals surface area contributed by atoms with Gasteiger partial charge in [-0.15, -0.1) is 0 Å². The van der Waals surface area contributed by atoms with Crippen molar-refractivity contribution in [3.05, 3.63) is 0 Å². The molecule has 1 unspecified atom stereocenters. The molecule has 0 radical (unpaired) electrons. The first-order valence-electron chi connectivity index (χ1n) is 3.05. The summed E-state index contributed by atoms with van der Waals surface area (Å²) in [4.78, 5) is 15.3. The van der Waals surface area contributed by atoms with E-state index in [1.165, 1.54) is 0 Å². The molecule has 9 heavy (non-hydrogen) atoms. The van der Waals surface area contributed by atoms with Crippen molar-refractivity contribution in [2.24, 2.45) is 0 Å². The van der Waals surface area contributed by atoms with E-state index in [0.717, 1.165) is 6.42 Å². The molecule has 1 fully saturated rings. The summed E-state index contributed by atoms with van der Waals surface area (Å²) >= 11 is -1.14. The Morgan fingerprint density at radius 3 is 2.56 bits per heavy atom. The predicted molar refractivity (Wildman–Crippen MR) is 36.8 cm³/mol. The monoisotopic (exact) mass is 236 g/mol. The van der Waals surface area contributed by atoms with Crippen LogP contribution in [0.3, 0.4) is 0 Å². The Hall–Kier alpha value is 0.288. The molecule has 0 amide bonds. The van der Waals surface area contributed by atoms with Crippen LogP contribution in [0.25, 0.3) is 0 Å². The molecule has 0 N–H and O–H groups in total. The number of carbonyl (C=O) groups excluding carboxylic acids is 1. The molecule has 1 saturated heterocycles. The molecule has 1 aliphatic heterocycles. The van der Waals surface area contributed by atoms with Crippen LogP contribution in [0.4, 0.5) is 0 Å². The van der Waals surface area contributed by atoms with Gasteiger partial charge in [0.05, 0.1) is 0 Å². The third-order valence-electron chi connectivity index (χ3n) is 1.53. The van der Waals surface area contributed by atoms with Crippen molar-refractivity contribution in [2.45, 2.75) is 20.0 Å². The first-order chi connectivity index (χ1) is 4.22. The first kappa shape index (κ1) is 7.40. The molecular formula is C6H11O2Sb. The SMILES string of the molecule is [CH3][Sb]([CH3])[CH]1CCOC1=O. The van der Waals surface area contributed by atoms with Gasteiger partial charge in [0, 0.05) is 0 Å². The van der Waals surface area contributed by atoms with E-state index in [0.29, 0.717) is 10.5 Å². The standard InChI is InChI=1S/C4H5O2.2CH3.Sb/c5-4-2-1-3-6-4;;;/h2H,1,3H2;2*1H3;. The van der Waals surface area contributed by atoms with E-state index in [1.54, 1.807) is 0 Å². The number of hydrogen-bond donors (Lipinski definition) is 0. The van der Waals surface area contributed by atoms with Crippen LogP contribution in [0, 0.1) is 0 Å². The number of rotatable bonds is 1. The molecule has 0 saturated carbocycles. The van der Waals surface area contributed by atoms with Gasteiger partial charge in [-0.3, -0.25) is 0 Å². The second-order valence-electron chi connectivity index (χ2n) is 2.44. The van der Waals surface area contributed by atoms with E-state index >= 15 is 0 Å². The van der Waals surface area contributed by atoms with Gasteiger partial charge in [-0.1, -0.05) is 0 Å². The zero-order valence-electron chi connectivity index (χ0n) is 5.76. The maximum atomic E-state index is 10.8. The fourth-order valence-corrected chi connectivity index (χ4v) is 4.15. The summed E-state index contributed by atoms with van der Waals surface area (Å²) in [5, 5.41) is 0. The molecule has 0 aromatic rings. The zero-order valence-corrected chi connectivity index (χ0v) is 8.31. The van der Waals surface area contributed by atoms with Crippen LogP contribution >= 0.6 is 0 Å². The predicted octanol–water partition coefficient (Wildman–Crippen LogP) is 1.06. The molecule has 1 rings (SSSR count). The second-order valence-corrected chi connectivity index (χ2v) is 9.72. The number of esters is 1. The van der Waals surface area contributed by atoms with E-state index in [4.69, 9.17) is 4.74 Å². The van der Waals surface area contributed by atoms with Crippen molar-refractivity contribution in [3.8, 4) is 0 Å². The van der Waals surface area contributed by atoms with Crippen LogP contribution in [0.15, 0.2) is 0 Å². The molecular weight excluding hydrogens is 226 g/mol. The molecule has 1 aliphatic rings. The van der Waals surface area contributed by atoms with Crippen molar-refractivity contribution in [1.82, 2.24) is 0 Å². The Labute approximate surface area is 62.5 Å². The van der Waals surface area contributed by atoms with E-state index in [1.807, 2.05) is 0 Å². The van der Waals surface area contributed by atoms with Crippen molar-refractivity contribution in [1.29, 1.82) is 0 Å². The van der Waals surface area contributed by atoms with Crippen LogP contribution in [0.2, 0.25) is 13.6 Å². The van der Waals surface area contributed by atoms with Crippen LogP contribution in [0.5, 0.6) is 0 Å². The number of ether oxygens (including phenoxy) is 1. The van der Waals surface area contributed by atoms with Gasteiger partial charge in [-0.2, -0.15) is 0 Å². The average Bonchev–Trinajstić information content (AvgIpc) is 2.13. The van der Waals surface area contributed by atoms with Crippen LogP contribution < -0.4 is 0 Å². The Morgan fingerprint density at radius 2 is 2.33 bits per heavy atom. The second kappa shape index (κ2) is 2.92. The van der Waals surface area contributed by atoms with Gasteiger partial charge < -0.3 is 0 Å². The van der Waals surface area contributed by atoms with Gasteiger partial charge in [0.2, 0.25) is 0 Å². The van der Waals surface area contributed by atoms with E-state index in [2.05, 4.69) is 9.74 Å². The molecule has 0 aromatic carbocycles. The minimum absolute atomic E-state index is 0.0722. The van der Waals surface area contributed by atoms with Crippen molar-refractivity contribution >= 4 is 26.2 Å². The molecule has 0 spiro atoms. The molecule has 52 valence electrons. The normalized spacial score (nSPS) is 27.0. The van der Waals surface area contributed by atoms with Crippen LogP contribution in [-0.4, -0.2) is 32.8 Å². The van der Waals surface area contributed by atoms with Crippen LogP contribution in [-0.2, 0) is 9.53 Å². The Morgan fingerprint density at radius 1 is 1.67 bits per heavy atom. The summed E-state index contributed by atoms with van der Waals surface area (Å²) in [6, 6.07) is 0. The minimum atomic E-state index is -1.14. The molecule has 0 bridgehead atoms. The molecule has 2 nitrogen and oxygen atoms in total. The van der Waals surface area contributed by atoms with E-state index in [-0.39, 0.29) is 5.97 Å². The number of cyclic esters (lactones) is 1. The van der Waals surface area contributed by atoms with Crippen molar-refractivity contribution < 1.29 is 9.53 Å². The van der Waals surface area contributed by atoms with Crippen molar-refractivity contribution in [2.75, 3.05) is 6.61 Å². The van der Waals surface area contributed by atoms with Crippen molar-refractivity contribution in [3.63, 3.8) is 0 Å². The summed E-state index contributed by atoms with van der Waals surface area (Å²) in [6.45, 7) is 0.672. The number of carbonyl (C=O) groups is 1. The van der Waals surface area contributed by atoms with Gasteiger partial charge in [-0.25, -0.2) is 0 Å². The Balaban J connectivity index is 2.49. The van der Waals surface area contributed by atoms with E-state index < -0.39 is 20.2 Å². The first-order valence-corrected chi connectivity index (χ1v) is 9.63. The van der Waals surface area contributed by atoms with Crippen LogP contribution in [0.1, 0.15) is 6.42 Å². The summed E-state index contributed by atoms with van der Waals surface area (Å²) in [7, 11) is 0. The Kier molecular flexibility index (Phi) is 2.40. The molecule has 3 heteroatoms. The third-order valence-corrected chi connectivity index (χ3v) is 6.43. The third kappa shape index (κ3) is 1.61. The van der Waals surface area contributed by atoms with Gasteiger partial charge in [-0.05, 0) is 0 Å². The van der Waals surface area contributed by atoms with E-state index in [9.17, 15) is 4.79 Å². The summed E-state index contributed by atoms with van der Waals surface area (Å²) in [6.07, 6.45) is 0.995. The molecule has 1 heterocycles. The zero-order chi connectivity index (χ0) is 6.85. The fraction of sp³-hybridized carbons (Fsp3) is 0.833. The molecule has 0 aromatic heterocycles. The fourth-order valence-electron chi connectivity index (χ4n) is 0.954. The van der Waals surface area contributed by atoms with Gasteiger partial charge in [0.1, 0.15) is 0 Å². The maximum absolute atomic E-state index is 10.8. The van der Waals surface area contributed by atoms with Gasteiger partial charge in [0.15, 0.2) is 0 Å². The summed E-state index contributed by atoms with van der Waals surface area (Å²) < 4.78 is 5.19. The van der Waals surface area contributed by atoms with Gasteiger partial charge >= 0.3 is 62.3 Å². The number of hydrogen-bond acceptors (Lipinski definition) is 2. The molecule has 1 atom stereocenters. The quantitative estimate of drug-likeness (QED) is 0.503. The summed E-state index contributed by atoms with van der Waals surface area (Å²) in [5.41, 5.74) is 0. The molecule has 0 aliphatic carbocycles. The summed E-state index contributed by atoms with van der Waals surface area (Å²) in [5.74, 6) is 0.0722. The Bertz CT molecular complexity index is 122.